The third kappa shape index (κ3) is 7.32. The second-order valence-electron chi connectivity index (χ2n) is 13.9. The number of hydrogen-bond acceptors (Lipinski definition) is 10. The van der Waals surface area contributed by atoms with Crippen LogP contribution in [0.15, 0.2) is 41.0 Å². The molecular formula is C37H50O11. The number of aliphatic carboxylic acids is 1. The minimum absolute atomic E-state index is 0.0862. The van der Waals surface area contributed by atoms with Crippen molar-refractivity contribution in [3.63, 3.8) is 0 Å². The van der Waals surface area contributed by atoms with E-state index in [0.717, 1.165) is 42.4 Å². The number of unbranched alkanes of at least 4 members (excludes halogenated alkanes) is 5. The Balaban J connectivity index is 1.43. The van der Waals surface area contributed by atoms with Crippen molar-refractivity contribution in [2.75, 3.05) is 33.5 Å². The molecule has 1 aromatic carbocycles. The number of benzene rings is 1. The first kappa shape index (κ1) is 37.1. The zero-order chi connectivity index (χ0) is 35.3. The van der Waals surface area contributed by atoms with E-state index in [1.54, 1.807) is 7.11 Å². The fourth-order valence-corrected chi connectivity index (χ4v) is 7.43. The standard InChI is InChI=1S/C37H50O11/c1-23-30(24-15-17-26(44-6)18-16-24)37(5)32(31(36(23,4)35(37,2)3)33(42)48-22-27-21-45-27)34(43)47-20-25(38)19-46-29(41)14-12-10-8-7-9-11-13-28(39)40/h15-18,25,27,38H,7-14,19-22H2,1-6H3,(H,39,40)/t25?,27?,36-,37+/m0/s1. The van der Waals surface area contributed by atoms with Crippen LogP contribution in [-0.2, 0) is 38.1 Å². The number of esters is 3. The highest BCUT2D eigenvalue weighted by Gasteiger charge is 2.73. The molecule has 2 unspecified atom stereocenters. The van der Waals surface area contributed by atoms with E-state index >= 15 is 0 Å². The topological polar surface area (TPSA) is 158 Å². The predicted molar refractivity (Wildman–Crippen MR) is 176 cm³/mol. The lowest BCUT2D eigenvalue weighted by atomic mass is 9.59. The van der Waals surface area contributed by atoms with Gasteiger partial charge in [0.2, 0.25) is 0 Å². The van der Waals surface area contributed by atoms with Crippen LogP contribution in [0, 0.1) is 16.2 Å². The molecule has 1 aliphatic heterocycles. The van der Waals surface area contributed by atoms with Crippen molar-refractivity contribution in [3.8, 4) is 5.75 Å². The Morgan fingerprint density at radius 3 is 1.96 bits per heavy atom. The van der Waals surface area contributed by atoms with E-state index in [0.29, 0.717) is 25.2 Å². The van der Waals surface area contributed by atoms with E-state index in [1.807, 2.05) is 58.9 Å². The lowest BCUT2D eigenvalue weighted by Crippen LogP contribution is -2.39. The van der Waals surface area contributed by atoms with E-state index in [-0.39, 0.29) is 43.3 Å². The van der Waals surface area contributed by atoms with E-state index in [4.69, 9.17) is 28.8 Å². The summed E-state index contributed by atoms with van der Waals surface area (Å²) in [4.78, 5) is 50.7. The third-order valence-electron chi connectivity index (χ3n) is 10.8. The van der Waals surface area contributed by atoms with Gasteiger partial charge < -0.3 is 33.9 Å². The fourth-order valence-electron chi connectivity index (χ4n) is 7.43. The maximum Gasteiger partial charge on any atom is 0.335 e. The van der Waals surface area contributed by atoms with Crippen molar-refractivity contribution in [1.82, 2.24) is 0 Å². The van der Waals surface area contributed by atoms with Crippen molar-refractivity contribution in [2.45, 2.75) is 98.2 Å². The Labute approximate surface area is 282 Å². The van der Waals surface area contributed by atoms with Gasteiger partial charge in [0.05, 0.1) is 24.9 Å². The number of methoxy groups -OCH3 is 1. The molecule has 11 heteroatoms. The minimum Gasteiger partial charge on any atom is -0.497 e. The van der Waals surface area contributed by atoms with Crippen LogP contribution in [0.3, 0.4) is 0 Å². The Morgan fingerprint density at radius 1 is 0.833 bits per heavy atom. The van der Waals surface area contributed by atoms with E-state index in [9.17, 15) is 24.3 Å². The molecule has 0 aromatic heterocycles. The number of allylic oxidation sites excluding steroid dienone is 2. The van der Waals surface area contributed by atoms with Crippen LogP contribution >= 0.6 is 0 Å². The van der Waals surface area contributed by atoms with E-state index < -0.39 is 52.8 Å². The van der Waals surface area contributed by atoms with Crippen molar-refractivity contribution >= 4 is 29.5 Å². The van der Waals surface area contributed by atoms with Gasteiger partial charge in [-0.3, -0.25) is 9.59 Å². The molecular weight excluding hydrogens is 620 g/mol. The summed E-state index contributed by atoms with van der Waals surface area (Å²) in [6.45, 7) is 9.82. The first-order chi connectivity index (χ1) is 22.7. The minimum atomic E-state index is -1.26. The van der Waals surface area contributed by atoms with Gasteiger partial charge >= 0.3 is 23.9 Å². The summed E-state index contributed by atoms with van der Waals surface area (Å²) in [6, 6.07) is 7.59. The fraction of sp³-hybridized carbons (Fsp3) is 0.622. The van der Waals surface area contributed by atoms with Crippen LogP contribution in [0.2, 0.25) is 0 Å². The van der Waals surface area contributed by atoms with Crippen LogP contribution in [0.1, 0.15) is 91.5 Å². The summed E-state index contributed by atoms with van der Waals surface area (Å²) >= 11 is 0. The van der Waals surface area contributed by atoms with Gasteiger partial charge in [-0.25, -0.2) is 9.59 Å². The van der Waals surface area contributed by atoms with Crippen LogP contribution in [-0.4, -0.2) is 79.8 Å². The Kier molecular flexibility index (Phi) is 11.8. The number of hydrogen-bond donors (Lipinski definition) is 2. The number of carbonyl (C=O) groups is 4. The molecule has 2 bridgehead atoms. The quantitative estimate of drug-likeness (QED) is 0.0837. The number of epoxide rings is 1. The zero-order valence-electron chi connectivity index (χ0n) is 29.0. The van der Waals surface area contributed by atoms with Gasteiger partial charge in [0.15, 0.2) is 0 Å². The van der Waals surface area contributed by atoms with Gasteiger partial charge in [0.25, 0.3) is 0 Å². The van der Waals surface area contributed by atoms with Gasteiger partial charge in [-0.1, -0.05) is 71.1 Å². The lowest BCUT2D eigenvalue weighted by molar-refractivity contribution is -0.151. The first-order valence-corrected chi connectivity index (χ1v) is 16.8. The Bertz CT molecular complexity index is 1440. The monoisotopic (exact) mass is 670 g/mol. The zero-order valence-corrected chi connectivity index (χ0v) is 29.0. The second kappa shape index (κ2) is 15.2. The highest BCUT2D eigenvalue weighted by molar-refractivity contribution is 6.10. The molecule has 1 aromatic rings. The summed E-state index contributed by atoms with van der Waals surface area (Å²) < 4.78 is 27.1. The molecule has 0 amide bonds. The van der Waals surface area contributed by atoms with E-state index in [2.05, 4.69) is 0 Å². The molecule has 0 spiro atoms. The highest BCUT2D eigenvalue weighted by Crippen LogP contribution is 2.78. The summed E-state index contributed by atoms with van der Waals surface area (Å²) in [7, 11) is 1.59. The highest BCUT2D eigenvalue weighted by atomic mass is 16.6. The molecule has 2 N–H and O–H groups in total. The third-order valence-corrected chi connectivity index (χ3v) is 10.8. The summed E-state index contributed by atoms with van der Waals surface area (Å²) in [5.41, 5.74) is 0.720. The molecule has 1 saturated heterocycles. The Morgan fingerprint density at radius 2 is 1.38 bits per heavy atom. The molecule has 2 aliphatic carbocycles. The molecule has 0 radical (unpaired) electrons. The maximum absolute atomic E-state index is 14.1. The number of rotatable bonds is 19. The van der Waals surface area contributed by atoms with Crippen molar-refractivity contribution in [3.05, 3.63) is 46.5 Å². The number of carboxylic acid groups (broad SMARTS) is 1. The largest absolute Gasteiger partial charge is 0.497 e. The van der Waals surface area contributed by atoms with Crippen LogP contribution < -0.4 is 4.74 Å². The SMILES string of the molecule is COc1ccc(C2=C(C)[C@@]3(C)C(C(=O)OCC4CO4)=C(C(=O)OCC(O)COC(=O)CCCCCCCCC(=O)O)[C@]2(C)C3(C)C)cc1. The average molecular weight is 671 g/mol. The lowest BCUT2D eigenvalue weighted by Gasteiger charge is -2.42. The number of aliphatic hydroxyl groups is 1. The van der Waals surface area contributed by atoms with Crippen molar-refractivity contribution in [1.29, 1.82) is 0 Å². The molecule has 48 heavy (non-hydrogen) atoms. The normalized spacial score (nSPS) is 24.4. The van der Waals surface area contributed by atoms with Crippen molar-refractivity contribution in [2.24, 2.45) is 16.2 Å². The van der Waals surface area contributed by atoms with Gasteiger partial charge in [-0.05, 0) is 48.4 Å². The maximum atomic E-state index is 14.1. The molecule has 1 fully saturated rings. The smallest absolute Gasteiger partial charge is 0.335 e. The number of carbonyl (C=O) groups excluding carboxylic acids is 3. The van der Waals surface area contributed by atoms with Gasteiger partial charge in [-0.2, -0.15) is 0 Å². The predicted octanol–water partition coefficient (Wildman–Crippen LogP) is 5.43. The van der Waals surface area contributed by atoms with Crippen LogP contribution in [0.4, 0.5) is 0 Å². The van der Waals surface area contributed by atoms with E-state index in [1.165, 1.54) is 0 Å². The van der Waals surface area contributed by atoms with Gasteiger partial charge in [0, 0.05) is 23.7 Å². The molecule has 4 atom stereocenters. The van der Waals surface area contributed by atoms with Gasteiger partial charge in [0.1, 0.15) is 37.8 Å². The van der Waals surface area contributed by atoms with Crippen molar-refractivity contribution < 1.29 is 53.1 Å². The molecule has 0 saturated carbocycles. The molecule has 1 heterocycles. The molecule has 4 rings (SSSR count). The van der Waals surface area contributed by atoms with Gasteiger partial charge in [-0.15, -0.1) is 0 Å². The van der Waals surface area contributed by atoms with Crippen LogP contribution in [0.5, 0.6) is 5.75 Å². The molecule has 264 valence electrons. The first-order valence-electron chi connectivity index (χ1n) is 16.8. The summed E-state index contributed by atoms with van der Waals surface area (Å²) in [6.07, 6.45) is 3.68. The number of fused-ring (bicyclic) bond motifs is 2. The second-order valence-corrected chi connectivity index (χ2v) is 13.9. The number of aliphatic hydroxyl groups excluding tert-OH is 1. The number of carboxylic acids is 1. The Hall–Kier alpha value is -3.70. The molecule has 3 aliphatic rings. The van der Waals surface area contributed by atoms with Crippen LogP contribution in [0.25, 0.3) is 5.57 Å². The molecule has 11 nitrogen and oxygen atoms in total. The average Bonchev–Trinajstić information content (AvgIpc) is 3.85. The summed E-state index contributed by atoms with van der Waals surface area (Å²) in [5.74, 6) is -1.90. The number of ether oxygens (including phenoxy) is 5. The summed E-state index contributed by atoms with van der Waals surface area (Å²) in [5, 5.41) is 19.3.